The second kappa shape index (κ2) is 11.2. The number of alkyl halides is 3. The number of hydrogen-bond donors (Lipinski definition) is 1. The molecule has 1 aromatic rings. The monoisotopic (exact) mass is 494 g/mol. The summed E-state index contributed by atoms with van der Waals surface area (Å²) in [4.78, 5) is 27.1. The molecule has 6 nitrogen and oxygen atoms in total. The molecule has 0 bridgehead atoms. The van der Waals surface area contributed by atoms with Gasteiger partial charge in [-0.3, -0.25) is 9.79 Å². The number of allylic oxidation sites excluding steroid dienone is 1. The van der Waals surface area contributed by atoms with E-state index >= 15 is 0 Å². The number of aliphatic hydroxyl groups excluding tert-OH is 1. The summed E-state index contributed by atoms with van der Waals surface area (Å²) in [6, 6.07) is 2.65. The second-order valence-corrected chi connectivity index (χ2v) is 8.93. The predicted molar refractivity (Wildman–Crippen MR) is 127 cm³/mol. The van der Waals surface area contributed by atoms with Crippen LogP contribution in [0.25, 0.3) is 0 Å². The highest BCUT2D eigenvalue weighted by molar-refractivity contribution is 6.39. The minimum Gasteiger partial charge on any atom is -0.396 e. The Morgan fingerprint density at radius 2 is 1.89 bits per heavy atom. The van der Waals surface area contributed by atoms with E-state index < -0.39 is 23.5 Å². The van der Waals surface area contributed by atoms with Crippen LogP contribution in [-0.2, 0) is 11.0 Å². The smallest absolute Gasteiger partial charge is 0.396 e. The maximum Gasteiger partial charge on any atom is 0.416 e. The van der Waals surface area contributed by atoms with Crippen molar-refractivity contribution in [2.75, 3.05) is 26.7 Å². The number of aliphatic imine (C=N–C) groups is 3. The van der Waals surface area contributed by atoms with Gasteiger partial charge < -0.3 is 10.0 Å². The summed E-state index contributed by atoms with van der Waals surface area (Å²) in [5.41, 5.74) is 0.0419. The van der Waals surface area contributed by atoms with Crippen LogP contribution in [0, 0.1) is 17.7 Å². The lowest BCUT2D eigenvalue weighted by Crippen LogP contribution is -2.35. The molecule has 1 amide bonds. The fraction of sp³-hybridized carbons (Fsp3) is 0.520. The van der Waals surface area contributed by atoms with E-state index in [-0.39, 0.29) is 35.7 Å². The molecular weight excluding hydrogens is 464 g/mol. The first-order chi connectivity index (χ1) is 16.6. The molecule has 1 aliphatic heterocycles. The molecule has 1 unspecified atom stereocenters. The van der Waals surface area contributed by atoms with E-state index in [4.69, 9.17) is 5.11 Å². The van der Waals surface area contributed by atoms with E-state index in [0.717, 1.165) is 23.8 Å². The lowest BCUT2D eigenvalue weighted by molar-refractivity contribution is -0.138. The van der Waals surface area contributed by atoms with Crippen LogP contribution in [0.5, 0.6) is 0 Å². The number of benzene rings is 1. The number of fused-ring (bicyclic) bond motifs is 1. The number of amidine groups is 2. The number of halogens is 4. The lowest BCUT2D eigenvalue weighted by atomic mass is 9.91. The van der Waals surface area contributed by atoms with Gasteiger partial charge in [-0.15, -0.1) is 0 Å². The molecule has 10 heteroatoms. The molecule has 35 heavy (non-hydrogen) atoms. The van der Waals surface area contributed by atoms with Gasteiger partial charge in [0.1, 0.15) is 11.7 Å². The fourth-order valence-electron chi connectivity index (χ4n) is 4.96. The predicted octanol–water partition coefficient (Wildman–Crippen LogP) is 4.64. The van der Waals surface area contributed by atoms with Gasteiger partial charge in [0.25, 0.3) is 5.91 Å². The van der Waals surface area contributed by atoms with E-state index in [1.54, 1.807) is 18.0 Å². The number of aliphatic hydroxyl groups is 1. The van der Waals surface area contributed by atoms with Gasteiger partial charge in [-0.2, -0.15) is 13.2 Å². The van der Waals surface area contributed by atoms with Crippen molar-refractivity contribution >= 4 is 23.8 Å². The number of amides is 1. The average Bonchev–Trinajstić information content (AvgIpc) is 3.38. The van der Waals surface area contributed by atoms with Crippen molar-refractivity contribution in [1.29, 1.82) is 0 Å². The normalized spacial score (nSPS) is 23.9. The van der Waals surface area contributed by atoms with E-state index in [1.165, 1.54) is 7.05 Å². The molecule has 2 aliphatic rings. The standard InChI is InChI=1S/C25H30F4N4O2/c1-4-16(7-8-34)12-31-15(2)32-23(30-3)24(35)33-13-18-9-17(10-19(18)14-33)21-11-20(26)5-6-22(21)25(27,28)29/h4-6,11-12,17-19,34H,7-10,13-14H2,1-3H3/b16-4-,30-23?,31-12?,32-15?/t17?,18-,19+. The molecule has 2 fully saturated rings. The van der Waals surface area contributed by atoms with Crippen molar-refractivity contribution in [3.8, 4) is 0 Å². The van der Waals surface area contributed by atoms with Gasteiger partial charge in [0.2, 0.25) is 5.84 Å². The highest BCUT2D eigenvalue weighted by atomic mass is 19.4. The SMILES string of the molecule is C/C=C(\C=NC(C)=NC(=NC)C(=O)N1C[C@H]2CC(c3cc(F)ccc3C(F)(F)F)C[C@H]2C1)CCO. The van der Waals surface area contributed by atoms with Crippen LogP contribution in [0.2, 0.25) is 0 Å². The number of likely N-dealkylation sites (tertiary alicyclic amines) is 1. The molecule has 3 rings (SSSR count). The third kappa shape index (κ3) is 6.42. The summed E-state index contributed by atoms with van der Waals surface area (Å²) in [5, 5.41) is 9.05. The molecule has 0 radical (unpaired) electrons. The molecule has 0 spiro atoms. The van der Waals surface area contributed by atoms with Gasteiger partial charge in [0, 0.05) is 33.0 Å². The topological polar surface area (TPSA) is 77.6 Å². The summed E-state index contributed by atoms with van der Waals surface area (Å²) >= 11 is 0. The van der Waals surface area contributed by atoms with Crippen LogP contribution in [0.4, 0.5) is 17.6 Å². The molecule has 1 N–H and O–H groups in total. The first kappa shape index (κ1) is 26.7. The van der Waals surface area contributed by atoms with Crippen molar-refractivity contribution < 1.29 is 27.5 Å². The summed E-state index contributed by atoms with van der Waals surface area (Å²) < 4.78 is 54.1. The van der Waals surface area contributed by atoms with Crippen LogP contribution in [0.3, 0.4) is 0 Å². The van der Waals surface area contributed by atoms with Gasteiger partial charge in [0.15, 0.2) is 0 Å². The Bertz CT molecular complexity index is 1050. The van der Waals surface area contributed by atoms with Crippen molar-refractivity contribution in [2.24, 2.45) is 26.8 Å². The Morgan fingerprint density at radius 3 is 2.43 bits per heavy atom. The van der Waals surface area contributed by atoms with E-state index in [2.05, 4.69) is 15.0 Å². The minimum absolute atomic E-state index is 0.000341. The number of hydrogen-bond acceptors (Lipinski definition) is 3. The Labute approximate surface area is 202 Å². The molecule has 1 aliphatic carbocycles. The molecular formula is C25H30F4N4O2. The van der Waals surface area contributed by atoms with Gasteiger partial charge in [-0.05, 0) is 80.2 Å². The van der Waals surface area contributed by atoms with Crippen molar-refractivity contribution in [2.45, 2.75) is 45.2 Å². The fourth-order valence-corrected chi connectivity index (χ4v) is 4.96. The largest absolute Gasteiger partial charge is 0.416 e. The highest BCUT2D eigenvalue weighted by Crippen LogP contribution is 2.49. The molecule has 190 valence electrons. The maximum absolute atomic E-state index is 13.8. The van der Waals surface area contributed by atoms with Crippen molar-refractivity contribution in [1.82, 2.24) is 4.90 Å². The van der Waals surface area contributed by atoms with Crippen molar-refractivity contribution in [3.63, 3.8) is 0 Å². The molecule has 0 aromatic heterocycles. The summed E-state index contributed by atoms with van der Waals surface area (Å²) in [7, 11) is 1.46. The zero-order valence-corrected chi connectivity index (χ0v) is 20.0. The number of carbonyl (C=O) groups excluding carboxylic acids is 1. The molecule has 1 aromatic carbocycles. The van der Waals surface area contributed by atoms with Crippen LogP contribution in [-0.4, -0.2) is 60.5 Å². The molecule has 1 heterocycles. The molecule has 1 saturated carbocycles. The van der Waals surface area contributed by atoms with Crippen LogP contribution in [0.1, 0.15) is 50.2 Å². The Morgan fingerprint density at radius 1 is 1.23 bits per heavy atom. The van der Waals surface area contributed by atoms with Gasteiger partial charge in [0.05, 0.1) is 5.56 Å². The first-order valence-electron chi connectivity index (χ1n) is 11.5. The summed E-state index contributed by atoms with van der Waals surface area (Å²) in [6.07, 6.45) is 0.240. The minimum atomic E-state index is -4.54. The quantitative estimate of drug-likeness (QED) is 0.376. The van der Waals surface area contributed by atoms with Gasteiger partial charge in [-0.25, -0.2) is 14.4 Å². The molecule has 3 atom stereocenters. The average molecular weight is 495 g/mol. The Kier molecular flexibility index (Phi) is 8.58. The highest BCUT2D eigenvalue weighted by Gasteiger charge is 2.45. The van der Waals surface area contributed by atoms with Crippen molar-refractivity contribution in [3.05, 3.63) is 46.8 Å². The maximum atomic E-state index is 13.8. The third-order valence-corrected chi connectivity index (χ3v) is 6.66. The Balaban J connectivity index is 1.67. The van der Waals surface area contributed by atoms with E-state index in [0.29, 0.717) is 38.2 Å². The second-order valence-electron chi connectivity index (χ2n) is 8.93. The van der Waals surface area contributed by atoms with Crippen LogP contribution >= 0.6 is 0 Å². The Hall–Kier alpha value is -2.88. The van der Waals surface area contributed by atoms with Crippen LogP contribution < -0.4 is 0 Å². The van der Waals surface area contributed by atoms with Gasteiger partial charge >= 0.3 is 6.18 Å². The van der Waals surface area contributed by atoms with Crippen LogP contribution in [0.15, 0.2) is 44.8 Å². The van der Waals surface area contributed by atoms with E-state index in [9.17, 15) is 22.4 Å². The first-order valence-corrected chi connectivity index (χ1v) is 11.5. The van der Waals surface area contributed by atoms with Gasteiger partial charge in [-0.1, -0.05) is 6.08 Å². The number of carbonyl (C=O) groups is 1. The zero-order chi connectivity index (χ0) is 25.8. The zero-order valence-electron chi connectivity index (χ0n) is 20.0. The number of rotatable bonds is 4. The van der Waals surface area contributed by atoms with E-state index in [1.807, 2.05) is 13.0 Å². The molecule has 1 saturated heterocycles. The number of nitrogens with zero attached hydrogens (tertiary/aromatic N) is 4. The third-order valence-electron chi connectivity index (χ3n) is 6.66. The summed E-state index contributed by atoms with van der Waals surface area (Å²) in [5.74, 6) is -1.03. The summed E-state index contributed by atoms with van der Waals surface area (Å²) in [6.45, 7) is 4.26. The lowest BCUT2D eigenvalue weighted by Gasteiger charge is -2.21.